The van der Waals surface area contributed by atoms with Crippen molar-refractivity contribution in [1.29, 1.82) is 0 Å². The van der Waals surface area contributed by atoms with Crippen LogP contribution in [0.1, 0.15) is 0 Å². The first kappa shape index (κ1) is 6.49. The van der Waals surface area contributed by atoms with Gasteiger partial charge >= 0.3 is 18.0 Å². The third-order valence-electron chi connectivity index (χ3n) is 0.673. The van der Waals surface area contributed by atoms with Gasteiger partial charge in [-0.3, -0.25) is 4.89 Å². The fourth-order valence-electron chi connectivity index (χ4n) is 0.376. The first-order valence-electron chi connectivity index (χ1n) is 2.18. The number of hydrogen-bond donors (Lipinski definition) is 3. The molecule has 1 aromatic heterocycles. The van der Waals surface area contributed by atoms with Crippen LogP contribution in [0.5, 0.6) is 18.0 Å². The molecule has 1 heterocycles. The molecule has 7 heteroatoms. The maximum Gasteiger partial charge on any atom is 0.362 e. The summed E-state index contributed by atoms with van der Waals surface area (Å²) in [5, 5.41) is 24.9. The molecule has 0 aliphatic heterocycles. The van der Waals surface area contributed by atoms with Crippen LogP contribution in [0.3, 0.4) is 0 Å². The van der Waals surface area contributed by atoms with Crippen LogP contribution in [0.15, 0.2) is 0 Å². The van der Waals surface area contributed by atoms with Crippen LogP contribution in [0.2, 0.25) is 0 Å². The van der Waals surface area contributed by atoms with Crippen molar-refractivity contribution >= 4 is 0 Å². The van der Waals surface area contributed by atoms with Gasteiger partial charge in [-0.2, -0.15) is 5.26 Å². The van der Waals surface area contributed by atoms with Gasteiger partial charge in [-0.15, -0.1) is 15.0 Å². The van der Waals surface area contributed by atoms with Crippen LogP contribution in [-0.2, 0) is 0 Å². The summed E-state index contributed by atoms with van der Waals surface area (Å²) in [6.45, 7) is 0. The van der Waals surface area contributed by atoms with Crippen LogP contribution < -0.4 is 4.89 Å². The molecule has 0 aliphatic carbocycles. The quantitative estimate of drug-likeness (QED) is 0.348. The molecule has 0 saturated heterocycles. The van der Waals surface area contributed by atoms with Crippen molar-refractivity contribution in [2.75, 3.05) is 0 Å². The highest BCUT2D eigenvalue weighted by Gasteiger charge is 2.03. The summed E-state index contributed by atoms with van der Waals surface area (Å²) in [7, 11) is 0. The van der Waals surface area contributed by atoms with Gasteiger partial charge in [0.25, 0.3) is 0 Å². The molecule has 0 bridgehead atoms. The third-order valence-corrected chi connectivity index (χ3v) is 0.673. The van der Waals surface area contributed by atoms with Crippen LogP contribution in [0.25, 0.3) is 0 Å². The van der Waals surface area contributed by atoms with E-state index in [2.05, 4.69) is 19.8 Å². The monoisotopic (exact) mass is 145 g/mol. The Hall–Kier alpha value is -1.63. The number of nitrogens with zero attached hydrogens (tertiary/aromatic N) is 3. The molecule has 54 valence electrons. The lowest BCUT2D eigenvalue weighted by Crippen LogP contribution is -1.93. The Bertz CT molecular complexity index is 219. The van der Waals surface area contributed by atoms with Crippen molar-refractivity contribution in [2.45, 2.75) is 0 Å². The number of aromatic hydroxyl groups is 2. The molecule has 0 aromatic carbocycles. The van der Waals surface area contributed by atoms with Gasteiger partial charge in [-0.05, 0) is 0 Å². The van der Waals surface area contributed by atoms with Gasteiger partial charge in [-0.25, -0.2) is 0 Å². The second kappa shape index (κ2) is 2.31. The molecular weight excluding hydrogens is 142 g/mol. The smallest absolute Gasteiger partial charge is 0.362 e. The van der Waals surface area contributed by atoms with E-state index >= 15 is 0 Å². The van der Waals surface area contributed by atoms with Crippen LogP contribution in [-0.4, -0.2) is 30.4 Å². The SMILES string of the molecule is OOc1nc(O)nc(O)n1. The largest absolute Gasteiger partial charge is 0.479 e. The minimum Gasteiger partial charge on any atom is -0.479 e. The Morgan fingerprint density at radius 3 is 1.90 bits per heavy atom. The van der Waals surface area contributed by atoms with Crippen LogP contribution >= 0.6 is 0 Å². The number of rotatable bonds is 1. The Morgan fingerprint density at radius 1 is 1.00 bits per heavy atom. The predicted molar refractivity (Wildman–Crippen MR) is 26.4 cm³/mol. The Kier molecular flexibility index (Phi) is 1.50. The molecular formula is C3H3N3O4. The molecule has 1 rings (SSSR count). The first-order chi connectivity index (χ1) is 4.72. The van der Waals surface area contributed by atoms with E-state index in [9.17, 15) is 0 Å². The lowest BCUT2D eigenvalue weighted by molar-refractivity contribution is -0.146. The summed E-state index contributed by atoms with van der Waals surface area (Å²) in [5.41, 5.74) is 0. The fourth-order valence-corrected chi connectivity index (χ4v) is 0.376. The van der Waals surface area contributed by atoms with Gasteiger partial charge in [0.1, 0.15) is 0 Å². The third kappa shape index (κ3) is 1.20. The summed E-state index contributed by atoms with van der Waals surface area (Å²) in [6.07, 6.45) is 0. The summed E-state index contributed by atoms with van der Waals surface area (Å²) in [4.78, 5) is 12.6. The Labute approximate surface area is 54.5 Å². The fraction of sp³-hybridized carbons (Fsp3) is 0. The van der Waals surface area contributed by atoms with Crippen LogP contribution in [0.4, 0.5) is 0 Å². The average molecular weight is 145 g/mol. The van der Waals surface area contributed by atoms with Crippen molar-refractivity contribution in [3.8, 4) is 18.0 Å². The Morgan fingerprint density at radius 2 is 1.50 bits per heavy atom. The highest BCUT2D eigenvalue weighted by Crippen LogP contribution is 2.09. The van der Waals surface area contributed by atoms with Crippen molar-refractivity contribution < 1.29 is 20.4 Å². The van der Waals surface area contributed by atoms with Crippen LogP contribution in [0, 0.1) is 0 Å². The molecule has 1 aromatic rings. The Balaban J connectivity index is 3.06. The summed E-state index contributed by atoms with van der Waals surface area (Å²) in [5.74, 6) is 0. The van der Waals surface area contributed by atoms with Gasteiger partial charge in [0.15, 0.2) is 0 Å². The van der Waals surface area contributed by atoms with Crippen molar-refractivity contribution in [1.82, 2.24) is 15.0 Å². The molecule has 10 heavy (non-hydrogen) atoms. The predicted octanol–water partition coefficient (Wildman–Crippen LogP) is -0.865. The molecule has 0 fully saturated rings. The van der Waals surface area contributed by atoms with Crippen molar-refractivity contribution in [2.24, 2.45) is 0 Å². The molecule has 3 N–H and O–H groups in total. The van der Waals surface area contributed by atoms with E-state index in [4.69, 9.17) is 15.5 Å². The second-order valence-electron chi connectivity index (χ2n) is 1.31. The minimum absolute atomic E-state index is 0.565. The second-order valence-corrected chi connectivity index (χ2v) is 1.31. The summed E-state index contributed by atoms with van der Waals surface area (Å²) < 4.78 is 0. The van der Waals surface area contributed by atoms with E-state index in [0.717, 1.165) is 0 Å². The summed E-state index contributed by atoms with van der Waals surface area (Å²) in [6, 6.07) is -2.02. The lowest BCUT2D eigenvalue weighted by atomic mass is 10.9. The van der Waals surface area contributed by atoms with Crippen molar-refractivity contribution in [3.05, 3.63) is 0 Å². The van der Waals surface area contributed by atoms with E-state index in [0.29, 0.717) is 0 Å². The van der Waals surface area contributed by atoms with Gasteiger partial charge in [0.2, 0.25) is 0 Å². The van der Waals surface area contributed by atoms with Gasteiger partial charge in [-0.1, -0.05) is 0 Å². The van der Waals surface area contributed by atoms with E-state index < -0.39 is 18.0 Å². The van der Waals surface area contributed by atoms with E-state index in [-0.39, 0.29) is 0 Å². The van der Waals surface area contributed by atoms with Crippen molar-refractivity contribution in [3.63, 3.8) is 0 Å². The molecule has 0 aliphatic rings. The maximum absolute atomic E-state index is 8.51. The lowest BCUT2D eigenvalue weighted by Gasteiger charge is -1.93. The number of hydrogen-bond acceptors (Lipinski definition) is 7. The maximum atomic E-state index is 8.51. The minimum atomic E-state index is -0.725. The standard InChI is InChI=1S/C3H3N3O4/c7-1-4-2(8)6-3(5-1)10-9/h9H,(H2,4,5,6,7,8). The van der Waals surface area contributed by atoms with E-state index in [1.54, 1.807) is 0 Å². The molecule has 0 radical (unpaired) electrons. The highest BCUT2D eigenvalue weighted by molar-refractivity contribution is 5.05. The van der Waals surface area contributed by atoms with Gasteiger partial charge in [0.05, 0.1) is 0 Å². The molecule has 0 spiro atoms. The normalized spacial score (nSPS) is 9.30. The topological polar surface area (TPSA) is 109 Å². The average Bonchev–Trinajstić information content (AvgIpc) is 1.85. The van der Waals surface area contributed by atoms with E-state index in [1.807, 2.05) is 0 Å². The molecule has 0 amide bonds. The molecule has 0 atom stereocenters. The highest BCUT2D eigenvalue weighted by atomic mass is 17.1. The first-order valence-corrected chi connectivity index (χ1v) is 2.18. The zero-order valence-corrected chi connectivity index (χ0v) is 4.59. The van der Waals surface area contributed by atoms with Gasteiger partial charge < -0.3 is 10.2 Å². The molecule has 0 saturated carbocycles. The zero-order chi connectivity index (χ0) is 7.56. The van der Waals surface area contributed by atoms with E-state index in [1.165, 1.54) is 0 Å². The molecule has 7 nitrogen and oxygen atoms in total. The number of aromatic nitrogens is 3. The molecule has 0 unspecified atom stereocenters. The summed E-state index contributed by atoms with van der Waals surface area (Å²) >= 11 is 0. The van der Waals surface area contributed by atoms with Gasteiger partial charge in [0, 0.05) is 0 Å². The zero-order valence-electron chi connectivity index (χ0n) is 4.59.